The van der Waals surface area contributed by atoms with Gasteiger partial charge < -0.3 is 10.4 Å². The molecule has 110 valence electrons. The number of carboxylic acids is 1. The SMILES string of the molecule is Cc1ccc(C(=O)O)cc1Nc1ncnc2ccc(Br)cc12. The summed E-state index contributed by atoms with van der Waals surface area (Å²) >= 11 is 3.44. The molecular weight excluding hydrogens is 346 g/mol. The number of benzene rings is 2. The second-order valence-corrected chi connectivity index (χ2v) is 5.76. The third-order valence-corrected chi connectivity index (χ3v) is 3.83. The Hall–Kier alpha value is -2.47. The molecule has 2 N–H and O–H groups in total. The van der Waals surface area contributed by atoms with Gasteiger partial charge in [-0.05, 0) is 42.8 Å². The van der Waals surface area contributed by atoms with E-state index >= 15 is 0 Å². The van der Waals surface area contributed by atoms with Gasteiger partial charge in [0, 0.05) is 15.5 Å². The van der Waals surface area contributed by atoms with Crippen LogP contribution < -0.4 is 5.32 Å². The van der Waals surface area contributed by atoms with Crippen molar-refractivity contribution in [3.8, 4) is 0 Å². The summed E-state index contributed by atoms with van der Waals surface area (Å²) in [5, 5.41) is 13.2. The molecule has 0 saturated carbocycles. The van der Waals surface area contributed by atoms with Crippen molar-refractivity contribution in [2.24, 2.45) is 0 Å². The molecule has 0 atom stereocenters. The van der Waals surface area contributed by atoms with E-state index in [1.165, 1.54) is 6.33 Å². The van der Waals surface area contributed by atoms with E-state index in [1.807, 2.05) is 25.1 Å². The first-order chi connectivity index (χ1) is 10.5. The fourth-order valence-electron chi connectivity index (χ4n) is 2.15. The third-order valence-electron chi connectivity index (χ3n) is 3.33. The van der Waals surface area contributed by atoms with Crippen molar-refractivity contribution in [3.63, 3.8) is 0 Å². The molecule has 3 aromatic rings. The smallest absolute Gasteiger partial charge is 0.335 e. The van der Waals surface area contributed by atoms with Gasteiger partial charge >= 0.3 is 5.97 Å². The van der Waals surface area contributed by atoms with Gasteiger partial charge in [0.1, 0.15) is 12.1 Å². The fraction of sp³-hybridized carbons (Fsp3) is 0.0625. The maximum absolute atomic E-state index is 11.1. The molecular formula is C16H12BrN3O2. The fourth-order valence-corrected chi connectivity index (χ4v) is 2.51. The van der Waals surface area contributed by atoms with Gasteiger partial charge in [0.05, 0.1) is 11.1 Å². The van der Waals surface area contributed by atoms with Crippen molar-refractivity contribution in [2.75, 3.05) is 5.32 Å². The number of hydrogen-bond donors (Lipinski definition) is 2. The monoisotopic (exact) mass is 357 g/mol. The van der Waals surface area contributed by atoms with Crippen LogP contribution in [0.3, 0.4) is 0 Å². The van der Waals surface area contributed by atoms with Gasteiger partial charge in [-0.3, -0.25) is 0 Å². The van der Waals surface area contributed by atoms with Gasteiger partial charge in [-0.15, -0.1) is 0 Å². The zero-order valence-corrected chi connectivity index (χ0v) is 13.3. The van der Waals surface area contributed by atoms with E-state index in [2.05, 4.69) is 31.2 Å². The third kappa shape index (κ3) is 2.78. The Morgan fingerprint density at radius 1 is 1.18 bits per heavy atom. The molecule has 6 heteroatoms. The Morgan fingerprint density at radius 2 is 2.00 bits per heavy atom. The Bertz CT molecular complexity index is 880. The molecule has 0 saturated heterocycles. The van der Waals surface area contributed by atoms with Crippen LogP contribution in [0.4, 0.5) is 11.5 Å². The van der Waals surface area contributed by atoms with E-state index < -0.39 is 5.97 Å². The zero-order valence-electron chi connectivity index (χ0n) is 11.7. The molecule has 3 rings (SSSR count). The van der Waals surface area contributed by atoms with Crippen LogP contribution in [0.15, 0.2) is 47.2 Å². The lowest BCUT2D eigenvalue weighted by molar-refractivity contribution is 0.0697. The highest BCUT2D eigenvalue weighted by Gasteiger charge is 2.09. The Morgan fingerprint density at radius 3 is 2.77 bits per heavy atom. The second kappa shape index (κ2) is 5.73. The highest BCUT2D eigenvalue weighted by molar-refractivity contribution is 9.10. The van der Waals surface area contributed by atoms with Gasteiger partial charge in [0.2, 0.25) is 0 Å². The van der Waals surface area contributed by atoms with E-state index in [1.54, 1.807) is 18.2 Å². The number of carbonyl (C=O) groups is 1. The van der Waals surface area contributed by atoms with E-state index in [0.29, 0.717) is 11.5 Å². The Labute approximate surface area is 135 Å². The minimum Gasteiger partial charge on any atom is -0.478 e. The van der Waals surface area contributed by atoms with Crippen LogP contribution in [0.1, 0.15) is 15.9 Å². The molecule has 0 unspecified atom stereocenters. The molecule has 0 fully saturated rings. The van der Waals surface area contributed by atoms with Gasteiger partial charge in [-0.2, -0.15) is 0 Å². The summed E-state index contributed by atoms with van der Waals surface area (Å²) in [6.45, 7) is 1.91. The van der Waals surface area contributed by atoms with E-state index in [-0.39, 0.29) is 5.56 Å². The lowest BCUT2D eigenvalue weighted by atomic mass is 10.1. The molecule has 0 amide bonds. The number of hydrogen-bond acceptors (Lipinski definition) is 4. The first-order valence-corrected chi connectivity index (χ1v) is 7.35. The summed E-state index contributed by atoms with van der Waals surface area (Å²) in [6, 6.07) is 10.7. The van der Waals surface area contributed by atoms with Crippen molar-refractivity contribution in [2.45, 2.75) is 6.92 Å². The predicted octanol–water partition coefficient (Wildman–Crippen LogP) is 4.14. The quantitative estimate of drug-likeness (QED) is 0.736. The number of rotatable bonds is 3. The van der Waals surface area contributed by atoms with Crippen LogP contribution in [-0.2, 0) is 0 Å². The van der Waals surface area contributed by atoms with E-state index in [0.717, 1.165) is 20.9 Å². The Balaban J connectivity index is 2.09. The molecule has 0 aliphatic carbocycles. The maximum atomic E-state index is 11.1. The molecule has 0 bridgehead atoms. The Kier molecular flexibility index (Phi) is 3.77. The molecule has 0 radical (unpaired) electrons. The number of nitrogens with zero attached hydrogens (tertiary/aromatic N) is 2. The summed E-state index contributed by atoms with van der Waals surface area (Å²) in [5.41, 5.74) is 2.69. The normalized spacial score (nSPS) is 10.6. The van der Waals surface area contributed by atoms with Crippen LogP contribution in [0.25, 0.3) is 10.9 Å². The molecule has 1 aromatic heterocycles. The summed E-state index contributed by atoms with van der Waals surface area (Å²) in [4.78, 5) is 19.6. The van der Waals surface area contributed by atoms with E-state index in [4.69, 9.17) is 5.11 Å². The van der Waals surface area contributed by atoms with E-state index in [9.17, 15) is 4.79 Å². The van der Waals surface area contributed by atoms with Crippen LogP contribution in [0.2, 0.25) is 0 Å². The summed E-state index contributed by atoms with van der Waals surface area (Å²) in [5.74, 6) is -0.324. The van der Waals surface area contributed by atoms with Crippen LogP contribution >= 0.6 is 15.9 Å². The number of aromatic carboxylic acids is 1. The molecule has 22 heavy (non-hydrogen) atoms. The number of aromatic nitrogens is 2. The van der Waals surface area contributed by atoms with Crippen LogP contribution in [0, 0.1) is 6.92 Å². The average molecular weight is 358 g/mol. The summed E-state index contributed by atoms with van der Waals surface area (Å²) < 4.78 is 0.925. The number of halogens is 1. The number of nitrogens with one attached hydrogen (secondary N) is 1. The molecule has 1 heterocycles. The molecule has 2 aromatic carbocycles. The van der Waals surface area contributed by atoms with Gasteiger partial charge in [-0.1, -0.05) is 22.0 Å². The van der Waals surface area contributed by atoms with Crippen molar-refractivity contribution in [3.05, 3.63) is 58.3 Å². The molecule has 0 aliphatic heterocycles. The number of carboxylic acid groups (broad SMARTS) is 1. The van der Waals surface area contributed by atoms with Crippen LogP contribution in [0.5, 0.6) is 0 Å². The largest absolute Gasteiger partial charge is 0.478 e. The maximum Gasteiger partial charge on any atom is 0.335 e. The predicted molar refractivity (Wildman–Crippen MR) is 88.7 cm³/mol. The zero-order chi connectivity index (χ0) is 15.7. The highest BCUT2D eigenvalue weighted by atomic mass is 79.9. The summed E-state index contributed by atoms with van der Waals surface area (Å²) in [6.07, 6.45) is 1.48. The van der Waals surface area contributed by atoms with Crippen molar-refractivity contribution in [1.29, 1.82) is 0 Å². The minimum absolute atomic E-state index is 0.229. The minimum atomic E-state index is -0.960. The van der Waals surface area contributed by atoms with Gasteiger partial charge in [0.15, 0.2) is 0 Å². The average Bonchev–Trinajstić information content (AvgIpc) is 2.49. The molecule has 0 aliphatic rings. The first-order valence-electron chi connectivity index (χ1n) is 6.56. The molecule has 5 nitrogen and oxygen atoms in total. The number of aryl methyl sites for hydroxylation is 1. The van der Waals surface area contributed by atoms with Crippen molar-refractivity contribution in [1.82, 2.24) is 9.97 Å². The summed E-state index contributed by atoms with van der Waals surface area (Å²) in [7, 11) is 0. The second-order valence-electron chi connectivity index (χ2n) is 4.84. The van der Waals surface area contributed by atoms with Crippen molar-refractivity contribution < 1.29 is 9.90 Å². The van der Waals surface area contributed by atoms with Gasteiger partial charge in [-0.25, -0.2) is 14.8 Å². The standard InChI is InChI=1S/C16H12BrN3O2/c1-9-2-3-10(16(21)22)6-14(9)20-15-12-7-11(17)4-5-13(12)18-8-19-15/h2-8H,1H3,(H,21,22)(H,18,19,20). The molecule has 0 spiro atoms. The van der Waals surface area contributed by atoms with Crippen molar-refractivity contribution >= 4 is 44.3 Å². The number of fused-ring (bicyclic) bond motifs is 1. The van der Waals surface area contributed by atoms with Gasteiger partial charge in [0.25, 0.3) is 0 Å². The highest BCUT2D eigenvalue weighted by Crippen LogP contribution is 2.27. The lowest BCUT2D eigenvalue weighted by Gasteiger charge is -2.11. The number of anilines is 2. The lowest BCUT2D eigenvalue weighted by Crippen LogP contribution is -2.01. The first kappa shape index (κ1) is 14.5. The topological polar surface area (TPSA) is 75.1 Å². The van der Waals surface area contributed by atoms with Crippen LogP contribution in [-0.4, -0.2) is 21.0 Å².